The highest BCUT2D eigenvalue weighted by atomic mass is 15.1. The summed E-state index contributed by atoms with van der Waals surface area (Å²) in [5.74, 6) is 0. The van der Waals surface area contributed by atoms with Crippen LogP contribution in [0.2, 0.25) is 0 Å². The van der Waals surface area contributed by atoms with E-state index < -0.39 is 0 Å². The van der Waals surface area contributed by atoms with E-state index in [-0.39, 0.29) is 0 Å². The van der Waals surface area contributed by atoms with E-state index in [0.29, 0.717) is 0 Å². The maximum Gasteiger partial charge on any atom is 0.0497 e. The molecule has 0 spiro atoms. The van der Waals surface area contributed by atoms with Crippen LogP contribution in [0.15, 0.2) is 146 Å². The molecule has 0 N–H and O–H groups in total. The van der Waals surface area contributed by atoms with Crippen LogP contribution in [0.25, 0.3) is 43.8 Å². The van der Waals surface area contributed by atoms with Gasteiger partial charge in [-0.1, -0.05) is 121 Å². The second-order valence-corrected chi connectivity index (χ2v) is 12.6. The Hall–Kier alpha value is -5.34. The first-order valence-corrected chi connectivity index (χ1v) is 16.7. The third-order valence-corrected chi connectivity index (χ3v) is 10.1. The fourth-order valence-corrected chi connectivity index (χ4v) is 8.12. The Morgan fingerprint density at radius 1 is 0.348 bits per heavy atom. The summed E-state index contributed by atoms with van der Waals surface area (Å²) in [6, 6.07) is 54.1. The Morgan fingerprint density at radius 2 is 0.739 bits per heavy atom. The van der Waals surface area contributed by atoms with E-state index in [0.717, 1.165) is 38.8 Å². The van der Waals surface area contributed by atoms with Crippen LogP contribution in [0.3, 0.4) is 0 Å². The molecule has 2 aliphatic heterocycles. The molecule has 0 bridgehead atoms. The molecule has 0 aromatic heterocycles. The fourth-order valence-electron chi connectivity index (χ4n) is 8.12. The van der Waals surface area contributed by atoms with Crippen LogP contribution < -0.4 is 9.80 Å². The van der Waals surface area contributed by atoms with Gasteiger partial charge in [-0.25, -0.2) is 0 Å². The van der Waals surface area contributed by atoms with Crippen molar-refractivity contribution >= 4 is 44.3 Å². The molecule has 0 amide bonds. The fraction of sp³-hybridized carbons (Fsp3) is 0.136. The normalized spacial score (nSPS) is 14.3. The number of para-hydroxylation sites is 2. The Kier molecular flexibility index (Phi) is 6.59. The first kappa shape index (κ1) is 27.0. The molecule has 7 aromatic rings. The Labute approximate surface area is 271 Å². The molecule has 0 atom stereocenters. The molecule has 2 heterocycles. The van der Waals surface area contributed by atoms with Gasteiger partial charge in [0.05, 0.1) is 0 Å². The van der Waals surface area contributed by atoms with Crippen molar-refractivity contribution in [3.63, 3.8) is 0 Å². The highest BCUT2D eigenvalue weighted by Gasteiger charge is 2.27. The van der Waals surface area contributed by atoms with Gasteiger partial charge in [-0.2, -0.15) is 0 Å². The maximum absolute atomic E-state index is 2.58. The van der Waals surface area contributed by atoms with Crippen molar-refractivity contribution in [3.8, 4) is 22.3 Å². The van der Waals surface area contributed by atoms with Gasteiger partial charge in [0.25, 0.3) is 0 Å². The number of hydrogen-bond acceptors (Lipinski definition) is 2. The third-order valence-electron chi connectivity index (χ3n) is 10.1. The minimum absolute atomic E-state index is 1.01. The van der Waals surface area contributed by atoms with Crippen LogP contribution in [-0.4, -0.2) is 13.1 Å². The van der Waals surface area contributed by atoms with Crippen LogP contribution in [0.5, 0.6) is 0 Å². The van der Waals surface area contributed by atoms with Crippen molar-refractivity contribution in [2.45, 2.75) is 25.7 Å². The first-order valence-electron chi connectivity index (χ1n) is 16.7. The molecular weight excluding hydrogens is 556 g/mol. The van der Waals surface area contributed by atoms with Gasteiger partial charge in [0.1, 0.15) is 0 Å². The van der Waals surface area contributed by atoms with E-state index in [1.165, 1.54) is 77.7 Å². The van der Waals surface area contributed by atoms with E-state index in [1.54, 1.807) is 0 Å². The smallest absolute Gasteiger partial charge is 0.0497 e. The quantitative estimate of drug-likeness (QED) is 0.188. The zero-order valence-electron chi connectivity index (χ0n) is 26.0. The number of rotatable bonds is 4. The van der Waals surface area contributed by atoms with Gasteiger partial charge in [0.2, 0.25) is 0 Å². The summed E-state index contributed by atoms with van der Waals surface area (Å²) in [6.45, 7) is 2.02. The van der Waals surface area contributed by atoms with E-state index in [4.69, 9.17) is 0 Å². The lowest BCUT2D eigenvalue weighted by atomic mass is 9.83. The summed E-state index contributed by atoms with van der Waals surface area (Å²) >= 11 is 0. The number of hydrogen-bond donors (Lipinski definition) is 0. The summed E-state index contributed by atoms with van der Waals surface area (Å²) in [6.07, 6.45) is 4.54. The second kappa shape index (κ2) is 11.2. The van der Waals surface area contributed by atoms with Crippen molar-refractivity contribution in [1.29, 1.82) is 0 Å². The lowest BCUT2D eigenvalue weighted by Crippen LogP contribution is -2.25. The molecule has 9 rings (SSSR count). The standard InChI is InChI=1S/C44H36N2/c1-3-17-33(18-4-1)41-35-23-11-28-40(46-30-14-22-32-16-8-10-26-38(32)46)44(35)42(34-19-5-2-6-20-34)36-24-12-27-39(43(36)41)45-29-13-21-31-15-7-9-25-37(31)45/h1-12,15-20,23-28H,13-14,21-22,29-30H2. The molecule has 0 unspecified atom stereocenters. The van der Waals surface area contributed by atoms with E-state index in [9.17, 15) is 0 Å². The molecule has 0 saturated carbocycles. The minimum Gasteiger partial charge on any atom is -0.341 e. The van der Waals surface area contributed by atoms with Crippen molar-refractivity contribution in [1.82, 2.24) is 0 Å². The molecule has 0 aliphatic carbocycles. The van der Waals surface area contributed by atoms with Crippen LogP contribution in [-0.2, 0) is 12.8 Å². The summed E-state index contributed by atoms with van der Waals surface area (Å²) in [4.78, 5) is 5.16. The summed E-state index contributed by atoms with van der Waals surface area (Å²) in [5.41, 5.74) is 13.3. The second-order valence-electron chi connectivity index (χ2n) is 12.6. The van der Waals surface area contributed by atoms with E-state index in [1.807, 2.05) is 0 Å². The molecule has 0 radical (unpaired) electrons. The van der Waals surface area contributed by atoms with E-state index >= 15 is 0 Å². The largest absolute Gasteiger partial charge is 0.341 e. The van der Waals surface area contributed by atoms with Crippen LogP contribution in [0, 0.1) is 0 Å². The first-order chi connectivity index (χ1) is 22.9. The maximum atomic E-state index is 2.58. The zero-order valence-corrected chi connectivity index (χ0v) is 26.0. The van der Waals surface area contributed by atoms with Gasteiger partial charge in [-0.15, -0.1) is 0 Å². The zero-order chi connectivity index (χ0) is 30.5. The summed E-state index contributed by atoms with van der Waals surface area (Å²) in [7, 11) is 0. The topological polar surface area (TPSA) is 6.48 Å². The Bertz CT molecular complexity index is 2060. The summed E-state index contributed by atoms with van der Waals surface area (Å²) in [5, 5.41) is 5.26. The van der Waals surface area contributed by atoms with Gasteiger partial charge in [0, 0.05) is 46.6 Å². The van der Waals surface area contributed by atoms with Crippen LogP contribution >= 0.6 is 0 Å². The summed E-state index contributed by atoms with van der Waals surface area (Å²) < 4.78 is 0. The number of aryl methyl sites for hydroxylation is 2. The molecule has 46 heavy (non-hydrogen) atoms. The average molecular weight is 593 g/mol. The molecule has 0 fully saturated rings. The predicted molar refractivity (Wildman–Crippen MR) is 196 cm³/mol. The Morgan fingerprint density at radius 3 is 1.20 bits per heavy atom. The van der Waals surface area contributed by atoms with Gasteiger partial charge in [0.15, 0.2) is 0 Å². The molecular formula is C44H36N2. The number of nitrogens with zero attached hydrogens (tertiary/aromatic N) is 2. The van der Waals surface area contributed by atoms with Gasteiger partial charge >= 0.3 is 0 Å². The van der Waals surface area contributed by atoms with E-state index in [2.05, 4.69) is 155 Å². The minimum atomic E-state index is 1.01. The lowest BCUT2D eigenvalue weighted by molar-refractivity contribution is 0.768. The SMILES string of the molecule is c1ccc(-c2c3cccc(N4CCCc5ccccc54)c3c(-c3ccccc3)c3cccc(N4CCCc5ccccc54)c23)cc1. The molecule has 2 aliphatic rings. The monoisotopic (exact) mass is 592 g/mol. The molecule has 7 aromatic carbocycles. The molecule has 2 nitrogen and oxygen atoms in total. The highest BCUT2D eigenvalue weighted by Crippen LogP contribution is 2.52. The van der Waals surface area contributed by atoms with Crippen molar-refractivity contribution in [3.05, 3.63) is 157 Å². The van der Waals surface area contributed by atoms with Crippen LogP contribution in [0.4, 0.5) is 22.7 Å². The van der Waals surface area contributed by atoms with Crippen LogP contribution in [0.1, 0.15) is 24.0 Å². The lowest BCUT2D eigenvalue weighted by Gasteiger charge is -2.35. The van der Waals surface area contributed by atoms with Gasteiger partial charge in [-0.3, -0.25) is 0 Å². The van der Waals surface area contributed by atoms with Crippen molar-refractivity contribution in [2.75, 3.05) is 22.9 Å². The van der Waals surface area contributed by atoms with Crippen molar-refractivity contribution in [2.24, 2.45) is 0 Å². The number of benzene rings is 7. The molecule has 2 heteroatoms. The van der Waals surface area contributed by atoms with Crippen molar-refractivity contribution < 1.29 is 0 Å². The molecule has 222 valence electrons. The highest BCUT2D eigenvalue weighted by molar-refractivity contribution is 6.27. The Balaban J connectivity index is 1.45. The van der Waals surface area contributed by atoms with Gasteiger partial charge in [-0.05, 0) is 94.1 Å². The third kappa shape index (κ3) is 4.32. The number of anilines is 4. The number of fused-ring (bicyclic) bond motifs is 4. The average Bonchev–Trinajstić information content (AvgIpc) is 3.13. The molecule has 0 saturated heterocycles. The predicted octanol–water partition coefficient (Wildman–Crippen LogP) is 11.5. The van der Waals surface area contributed by atoms with Gasteiger partial charge < -0.3 is 9.80 Å².